The molecule has 0 heterocycles. The van der Waals surface area contributed by atoms with E-state index in [1.54, 1.807) is 0 Å². The van der Waals surface area contributed by atoms with Crippen LogP contribution < -0.4 is 0 Å². The maximum Gasteiger partial charge on any atom is 0.165 e. The molecule has 0 aromatic heterocycles. The molecule has 124 valence electrons. The van der Waals surface area contributed by atoms with Gasteiger partial charge < -0.3 is 0 Å². The van der Waals surface area contributed by atoms with E-state index < -0.39 is 5.67 Å². The minimum atomic E-state index is -1.45. The predicted octanol–water partition coefficient (Wildman–Crippen LogP) is 6.63. The van der Waals surface area contributed by atoms with E-state index in [-0.39, 0.29) is 0 Å². The molecule has 2 aromatic carbocycles. The van der Waals surface area contributed by atoms with Crippen LogP contribution in [-0.2, 0) is 12.1 Å². The third-order valence-corrected chi connectivity index (χ3v) is 4.87. The van der Waals surface area contributed by atoms with Gasteiger partial charge in [-0.3, -0.25) is 0 Å². The van der Waals surface area contributed by atoms with Crippen LogP contribution in [0.1, 0.15) is 49.8 Å². The summed E-state index contributed by atoms with van der Waals surface area (Å²) in [5, 5.41) is 0. The van der Waals surface area contributed by atoms with Crippen molar-refractivity contribution in [2.75, 3.05) is 0 Å². The summed E-state index contributed by atoms with van der Waals surface area (Å²) in [6, 6.07) is 18.0. The molecule has 0 aliphatic heterocycles. The first-order valence-electron chi connectivity index (χ1n) is 8.91. The summed E-state index contributed by atoms with van der Waals surface area (Å²) in [5.74, 6) is 0. The average Bonchev–Trinajstić information content (AvgIpc) is 2.63. The molecule has 0 saturated carbocycles. The van der Waals surface area contributed by atoms with E-state index in [0.29, 0.717) is 6.42 Å². The van der Waals surface area contributed by atoms with Gasteiger partial charge in [-0.2, -0.15) is 0 Å². The summed E-state index contributed by atoms with van der Waals surface area (Å²) in [6.07, 6.45) is 7.59. The van der Waals surface area contributed by atoms with Crippen LogP contribution in [0.15, 0.2) is 72.3 Å². The Morgan fingerprint density at radius 2 is 1.62 bits per heavy atom. The number of alkyl halides is 1. The maximum atomic E-state index is 16.2. The second-order valence-electron chi connectivity index (χ2n) is 6.55. The smallest absolute Gasteiger partial charge is 0.165 e. The Morgan fingerprint density at radius 1 is 0.917 bits per heavy atom. The van der Waals surface area contributed by atoms with E-state index in [1.807, 2.05) is 36.4 Å². The standard InChI is InChI=1S/C23H25F/c1-3-8-19-11-14-20(15-12-19)22-16-13-18(4-2)17-23(22,24)21-9-6-5-7-10-21/h5-7,9-16H,3-4,8,17H2,1-2H3. The summed E-state index contributed by atoms with van der Waals surface area (Å²) in [6.45, 7) is 4.27. The van der Waals surface area contributed by atoms with E-state index in [2.05, 4.69) is 44.2 Å². The molecule has 0 N–H and O–H groups in total. The zero-order valence-corrected chi connectivity index (χ0v) is 14.6. The first kappa shape index (κ1) is 16.7. The van der Waals surface area contributed by atoms with Gasteiger partial charge in [0.15, 0.2) is 5.67 Å². The monoisotopic (exact) mass is 320 g/mol. The molecule has 1 heteroatoms. The second-order valence-corrected chi connectivity index (χ2v) is 6.55. The van der Waals surface area contributed by atoms with Gasteiger partial charge in [0, 0.05) is 12.0 Å². The Balaban J connectivity index is 2.04. The number of rotatable bonds is 5. The van der Waals surface area contributed by atoms with Crippen molar-refractivity contribution in [1.82, 2.24) is 0 Å². The fourth-order valence-electron chi connectivity index (χ4n) is 3.47. The highest BCUT2D eigenvalue weighted by Crippen LogP contribution is 2.47. The SMILES string of the molecule is CCCc1ccc(C2=CC=C(CC)CC2(F)c2ccccc2)cc1. The van der Waals surface area contributed by atoms with Gasteiger partial charge in [0.1, 0.15) is 0 Å². The van der Waals surface area contributed by atoms with Crippen molar-refractivity contribution in [3.05, 3.63) is 89.0 Å². The summed E-state index contributed by atoms with van der Waals surface area (Å²) >= 11 is 0. The lowest BCUT2D eigenvalue weighted by Gasteiger charge is -2.33. The van der Waals surface area contributed by atoms with Crippen molar-refractivity contribution in [3.63, 3.8) is 0 Å². The van der Waals surface area contributed by atoms with Gasteiger partial charge in [-0.25, -0.2) is 4.39 Å². The molecule has 1 aliphatic rings. The molecular formula is C23H25F. The van der Waals surface area contributed by atoms with Crippen LogP contribution in [0.3, 0.4) is 0 Å². The number of benzene rings is 2. The normalized spacial score (nSPS) is 20.5. The lowest BCUT2D eigenvalue weighted by Crippen LogP contribution is -2.25. The van der Waals surface area contributed by atoms with Crippen LogP contribution in [-0.4, -0.2) is 0 Å². The minimum absolute atomic E-state index is 0.441. The van der Waals surface area contributed by atoms with Crippen molar-refractivity contribution in [3.8, 4) is 0 Å². The Labute approximate surface area is 144 Å². The lowest BCUT2D eigenvalue weighted by molar-refractivity contribution is 0.243. The van der Waals surface area contributed by atoms with Crippen LogP contribution >= 0.6 is 0 Å². The van der Waals surface area contributed by atoms with Crippen LogP contribution in [0, 0.1) is 0 Å². The molecule has 0 radical (unpaired) electrons. The highest BCUT2D eigenvalue weighted by molar-refractivity contribution is 5.77. The predicted molar refractivity (Wildman–Crippen MR) is 101 cm³/mol. The number of hydrogen-bond acceptors (Lipinski definition) is 0. The first-order chi connectivity index (χ1) is 11.7. The van der Waals surface area contributed by atoms with Gasteiger partial charge in [0.05, 0.1) is 0 Å². The van der Waals surface area contributed by atoms with Crippen molar-refractivity contribution in [2.45, 2.75) is 45.2 Å². The molecule has 0 bridgehead atoms. The van der Waals surface area contributed by atoms with Gasteiger partial charge in [-0.05, 0) is 29.5 Å². The van der Waals surface area contributed by atoms with Gasteiger partial charge in [-0.15, -0.1) is 0 Å². The largest absolute Gasteiger partial charge is 0.233 e. The molecule has 0 saturated heterocycles. The maximum absolute atomic E-state index is 16.2. The van der Waals surface area contributed by atoms with E-state index in [9.17, 15) is 0 Å². The van der Waals surface area contributed by atoms with Crippen LogP contribution in [0.2, 0.25) is 0 Å². The number of aryl methyl sites for hydroxylation is 1. The van der Waals surface area contributed by atoms with Crippen molar-refractivity contribution < 1.29 is 4.39 Å². The fourth-order valence-corrected chi connectivity index (χ4v) is 3.47. The van der Waals surface area contributed by atoms with Gasteiger partial charge >= 0.3 is 0 Å². The number of hydrogen-bond donors (Lipinski definition) is 0. The zero-order valence-electron chi connectivity index (χ0n) is 14.6. The summed E-state index contributed by atoms with van der Waals surface area (Å²) in [5.41, 5.74) is 3.52. The lowest BCUT2D eigenvalue weighted by atomic mass is 9.76. The number of halogens is 1. The molecule has 0 amide bonds. The Kier molecular flexibility index (Phi) is 4.99. The fraction of sp³-hybridized carbons (Fsp3) is 0.304. The Hall–Kier alpha value is -2.15. The molecule has 2 aromatic rings. The van der Waals surface area contributed by atoms with Crippen LogP contribution in [0.25, 0.3) is 5.57 Å². The second kappa shape index (κ2) is 7.17. The van der Waals surface area contributed by atoms with Crippen molar-refractivity contribution in [1.29, 1.82) is 0 Å². The Morgan fingerprint density at radius 3 is 2.25 bits per heavy atom. The highest BCUT2D eigenvalue weighted by atomic mass is 19.1. The molecule has 0 nitrogen and oxygen atoms in total. The molecular weight excluding hydrogens is 295 g/mol. The highest BCUT2D eigenvalue weighted by Gasteiger charge is 2.39. The van der Waals surface area contributed by atoms with E-state index in [4.69, 9.17) is 0 Å². The third kappa shape index (κ3) is 3.21. The van der Waals surface area contributed by atoms with Crippen molar-refractivity contribution in [2.24, 2.45) is 0 Å². The molecule has 1 aliphatic carbocycles. The topological polar surface area (TPSA) is 0 Å². The molecule has 3 rings (SSSR count). The quantitative estimate of drug-likeness (QED) is 0.580. The molecule has 0 fully saturated rings. The van der Waals surface area contributed by atoms with Gasteiger partial charge in [0.2, 0.25) is 0 Å². The molecule has 0 spiro atoms. The molecule has 24 heavy (non-hydrogen) atoms. The molecule has 1 atom stereocenters. The molecule has 1 unspecified atom stereocenters. The van der Waals surface area contributed by atoms with Gasteiger partial charge in [0.25, 0.3) is 0 Å². The third-order valence-electron chi connectivity index (χ3n) is 4.87. The Bertz CT molecular complexity index is 737. The van der Waals surface area contributed by atoms with E-state index in [1.165, 1.54) is 5.56 Å². The van der Waals surface area contributed by atoms with Gasteiger partial charge in [-0.1, -0.05) is 92.6 Å². The van der Waals surface area contributed by atoms with E-state index >= 15 is 4.39 Å². The average molecular weight is 320 g/mol. The minimum Gasteiger partial charge on any atom is -0.233 e. The van der Waals surface area contributed by atoms with Crippen LogP contribution in [0.5, 0.6) is 0 Å². The summed E-state index contributed by atoms with van der Waals surface area (Å²) in [7, 11) is 0. The zero-order chi connectivity index (χ0) is 17.0. The summed E-state index contributed by atoms with van der Waals surface area (Å²) < 4.78 is 16.2. The number of allylic oxidation sites excluding steroid dienone is 4. The van der Waals surface area contributed by atoms with E-state index in [0.717, 1.165) is 41.5 Å². The first-order valence-corrected chi connectivity index (χ1v) is 8.91. The van der Waals surface area contributed by atoms with Crippen molar-refractivity contribution >= 4 is 5.57 Å². The van der Waals surface area contributed by atoms with Crippen LogP contribution in [0.4, 0.5) is 4.39 Å². The summed E-state index contributed by atoms with van der Waals surface area (Å²) in [4.78, 5) is 0.